The molecule has 1 heteroatoms. The fourth-order valence-corrected chi connectivity index (χ4v) is 14.8. The summed E-state index contributed by atoms with van der Waals surface area (Å²) in [7, 11) is 0. The summed E-state index contributed by atoms with van der Waals surface area (Å²) in [5.74, 6) is 0. The summed E-state index contributed by atoms with van der Waals surface area (Å²) in [6, 6.07) is 105. The van der Waals surface area contributed by atoms with Crippen molar-refractivity contribution in [1.29, 1.82) is 0 Å². The van der Waals surface area contributed by atoms with Crippen molar-refractivity contribution in [2.45, 2.75) is 23.2 Å². The minimum Gasteiger partial charge on any atom is -0.309 e. The van der Waals surface area contributed by atoms with Gasteiger partial charge in [0.05, 0.1) is 27.9 Å². The molecule has 4 aliphatic rings. The summed E-state index contributed by atoms with van der Waals surface area (Å²) in [4.78, 5) is 2.64. The van der Waals surface area contributed by atoms with Crippen LogP contribution < -0.4 is 4.90 Å². The van der Waals surface area contributed by atoms with Crippen molar-refractivity contribution in [2.75, 3.05) is 4.90 Å². The first-order valence-corrected chi connectivity index (χ1v) is 26.4. The molecule has 0 saturated carbocycles. The first-order chi connectivity index (χ1) is 37.1. The normalized spacial score (nSPS) is 16.3. The largest absolute Gasteiger partial charge is 0.309 e. The highest BCUT2D eigenvalue weighted by Crippen LogP contribution is 2.67. The van der Waals surface area contributed by atoms with Crippen LogP contribution in [0.1, 0.15) is 68.1 Å². The second kappa shape index (κ2) is 15.6. The summed E-state index contributed by atoms with van der Waals surface area (Å²) in [5.41, 5.74) is 26.5. The minimum absolute atomic E-state index is 0.462. The molecule has 1 atom stereocenters. The van der Waals surface area contributed by atoms with Crippen LogP contribution in [0.25, 0.3) is 55.3 Å². The summed E-state index contributed by atoms with van der Waals surface area (Å²) in [6.45, 7) is 2.51. The predicted octanol–water partition coefficient (Wildman–Crippen LogP) is 18.4. The molecular formula is C74H49N. The van der Waals surface area contributed by atoms with Crippen LogP contribution in [0.5, 0.6) is 0 Å². The van der Waals surface area contributed by atoms with Crippen molar-refractivity contribution in [2.24, 2.45) is 0 Å². The highest BCUT2D eigenvalue weighted by molar-refractivity contribution is 6.08. The van der Waals surface area contributed by atoms with Gasteiger partial charge in [0.25, 0.3) is 0 Å². The number of para-hydroxylation sites is 1. The van der Waals surface area contributed by atoms with E-state index >= 15 is 0 Å². The third kappa shape index (κ3) is 5.42. The van der Waals surface area contributed by atoms with E-state index in [2.05, 4.69) is 291 Å². The smallest absolute Gasteiger partial charge is 0.0714 e. The lowest BCUT2D eigenvalue weighted by Crippen LogP contribution is -2.34. The second-order valence-electron chi connectivity index (χ2n) is 21.1. The Balaban J connectivity index is 0.992. The number of hydrogen-bond donors (Lipinski definition) is 0. The van der Waals surface area contributed by atoms with Crippen LogP contribution in [-0.4, -0.2) is 0 Å². The summed E-state index contributed by atoms with van der Waals surface area (Å²) in [6.07, 6.45) is 0. The van der Waals surface area contributed by atoms with E-state index in [0.29, 0.717) is 0 Å². The zero-order valence-corrected chi connectivity index (χ0v) is 41.5. The van der Waals surface area contributed by atoms with Crippen LogP contribution in [0.4, 0.5) is 17.1 Å². The number of hydrogen-bond acceptors (Lipinski definition) is 1. The molecule has 0 spiro atoms. The molecule has 350 valence electrons. The summed E-state index contributed by atoms with van der Waals surface area (Å²) in [5, 5.41) is 2.56. The maximum Gasteiger partial charge on any atom is 0.0714 e. The van der Waals surface area contributed by atoms with Crippen molar-refractivity contribution in [3.8, 4) is 44.5 Å². The van der Waals surface area contributed by atoms with Gasteiger partial charge in [-0.15, -0.1) is 0 Å². The molecule has 0 fully saturated rings. The molecule has 1 nitrogen and oxygen atoms in total. The van der Waals surface area contributed by atoms with E-state index in [1.807, 2.05) is 0 Å². The Kier molecular flexibility index (Phi) is 8.79. The Morgan fingerprint density at radius 2 is 0.747 bits per heavy atom. The van der Waals surface area contributed by atoms with E-state index in [-0.39, 0.29) is 0 Å². The Morgan fingerprint density at radius 3 is 1.37 bits per heavy atom. The molecule has 0 N–H and O–H groups in total. The van der Waals surface area contributed by atoms with Gasteiger partial charge in [-0.25, -0.2) is 0 Å². The molecule has 0 aromatic heterocycles. The SMILES string of the molecule is CC12c3cc4c(cc3N(c3ccccc3-c3ccc5c(c3)-c3ccccc3C5(c3ccccc3)c3ccccc3)c3cccc(c31)-c1c2ccc2ccccc12)C(c1ccccc1)(c1ccccc1)c1ccccc1-4. The fraction of sp³-hybridized carbons (Fsp3) is 0.0541. The first-order valence-electron chi connectivity index (χ1n) is 26.4. The topological polar surface area (TPSA) is 3.24 Å². The molecule has 1 aliphatic heterocycles. The zero-order chi connectivity index (χ0) is 49.5. The van der Waals surface area contributed by atoms with Gasteiger partial charge < -0.3 is 4.90 Å². The van der Waals surface area contributed by atoms with E-state index in [0.717, 1.165) is 5.69 Å². The highest BCUT2D eigenvalue weighted by atomic mass is 15.2. The third-order valence-electron chi connectivity index (χ3n) is 17.8. The molecule has 12 aromatic carbocycles. The van der Waals surface area contributed by atoms with E-state index < -0.39 is 16.2 Å². The molecule has 1 unspecified atom stereocenters. The number of fused-ring (bicyclic) bond motifs is 13. The number of benzene rings is 12. The molecule has 16 rings (SSSR count). The van der Waals surface area contributed by atoms with Crippen molar-refractivity contribution in [3.05, 3.63) is 340 Å². The lowest BCUT2D eigenvalue weighted by atomic mass is 9.66. The lowest BCUT2D eigenvalue weighted by Gasteiger charge is -2.44. The van der Waals surface area contributed by atoms with E-state index in [9.17, 15) is 0 Å². The van der Waals surface area contributed by atoms with Gasteiger partial charge in [-0.3, -0.25) is 0 Å². The van der Waals surface area contributed by atoms with Crippen molar-refractivity contribution >= 4 is 27.8 Å². The Morgan fingerprint density at radius 1 is 0.280 bits per heavy atom. The quantitative estimate of drug-likeness (QED) is 0.161. The molecule has 1 heterocycles. The predicted molar refractivity (Wildman–Crippen MR) is 310 cm³/mol. The van der Waals surface area contributed by atoms with Gasteiger partial charge in [-0.1, -0.05) is 249 Å². The molecule has 3 aliphatic carbocycles. The third-order valence-corrected chi connectivity index (χ3v) is 17.8. The number of anilines is 3. The van der Waals surface area contributed by atoms with Crippen LogP contribution in [0.2, 0.25) is 0 Å². The van der Waals surface area contributed by atoms with Crippen LogP contribution >= 0.6 is 0 Å². The molecule has 0 radical (unpaired) electrons. The van der Waals surface area contributed by atoms with Gasteiger partial charge in [0.15, 0.2) is 0 Å². The van der Waals surface area contributed by atoms with Gasteiger partial charge in [-0.2, -0.15) is 0 Å². The van der Waals surface area contributed by atoms with E-state index in [1.54, 1.807) is 0 Å². The van der Waals surface area contributed by atoms with Gasteiger partial charge in [-0.05, 0) is 148 Å². The van der Waals surface area contributed by atoms with Gasteiger partial charge >= 0.3 is 0 Å². The van der Waals surface area contributed by atoms with Crippen LogP contribution in [0.15, 0.2) is 279 Å². The highest BCUT2D eigenvalue weighted by Gasteiger charge is 2.53. The van der Waals surface area contributed by atoms with Gasteiger partial charge in [0.1, 0.15) is 0 Å². The van der Waals surface area contributed by atoms with E-state index in [1.165, 1.54) is 128 Å². The number of nitrogens with zero attached hydrogens (tertiary/aromatic N) is 1. The zero-order valence-electron chi connectivity index (χ0n) is 41.5. The summed E-state index contributed by atoms with van der Waals surface area (Å²) >= 11 is 0. The van der Waals surface area contributed by atoms with E-state index in [4.69, 9.17) is 0 Å². The van der Waals surface area contributed by atoms with Gasteiger partial charge in [0.2, 0.25) is 0 Å². The summed E-state index contributed by atoms with van der Waals surface area (Å²) < 4.78 is 0. The maximum absolute atomic E-state index is 2.64. The Bertz CT molecular complexity index is 4230. The average Bonchev–Trinajstić information content (AvgIpc) is 4.28. The molecule has 0 saturated heterocycles. The molecule has 75 heavy (non-hydrogen) atoms. The van der Waals surface area contributed by atoms with Crippen molar-refractivity contribution in [1.82, 2.24) is 0 Å². The maximum atomic E-state index is 2.64. The van der Waals surface area contributed by atoms with Crippen LogP contribution in [0.3, 0.4) is 0 Å². The Hall–Kier alpha value is -9.30. The second-order valence-corrected chi connectivity index (χ2v) is 21.1. The van der Waals surface area contributed by atoms with Crippen LogP contribution in [0, 0.1) is 0 Å². The molecule has 0 amide bonds. The fourth-order valence-electron chi connectivity index (χ4n) is 14.8. The minimum atomic E-state index is -0.571. The number of rotatable bonds is 6. The standard InChI is InChI=1S/C74H49N/c1-72-64-44-41-48-23-14-15-33-55(48)70(64)58-36-22-40-68(71(58)72)75(69-47-65-60(46-66(69)72)57-35-17-20-38-62(57)74(65,52-28-10-4-11-29-52)53-30-12-5-13-31-53)67-39-21-18-32-54(67)49-42-43-63-59(45-49)56-34-16-19-37-61(56)73(63,50-24-6-2-7-25-50)51-26-8-3-9-27-51/h2-47H,1H3. The molecular weight excluding hydrogens is 903 g/mol. The van der Waals surface area contributed by atoms with Gasteiger partial charge in [0, 0.05) is 11.0 Å². The molecule has 12 aromatic rings. The molecule has 0 bridgehead atoms. The van der Waals surface area contributed by atoms with Crippen molar-refractivity contribution in [3.63, 3.8) is 0 Å². The average molecular weight is 952 g/mol. The lowest BCUT2D eigenvalue weighted by molar-refractivity contribution is 0.700. The van der Waals surface area contributed by atoms with Crippen LogP contribution in [-0.2, 0) is 16.2 Å². The monoisotopic (exact) mass is 951 g/mol. The van der Waals surface area contributed by atoms with Crippen molar-refractivity contribution < 1.29 is 0 Å². The first kappa shape index (κ1) is 42.2. The Labute approximate surface area is 438 Å².